The van der Waals surface area contributed by atoms with E-state index in [0.717, 1.165) is 13.1 Å². The molecule has 0 bridgehead atoms. The van der Waals surface area contributed by atoms with Crippen LogP contribution >= 0.6 is 0 Å². The number of likely N-dealkylation sites (tertiary alicyclic amines) is 1. The molecule has 2 fully saturated rings. The van der Waals surface area contributed by atoms with Gasteiger partial charge in [-0.3, -0.25) is 19.7 Å². The van der Waals surface area contributed by atoms with E-state index in [1.54, 1.807) is 24.3 Å². The van der Waals surface area contributed by atoms with Crippen molar-refractivity contribution in [2.24, 2.45) is 5.92 Å². The Kier molecular flexibility index (Phi) is 8.20. The van der Waals surface area contributed by atoms with E-state index in [1.807, 2.05) is 13.8 Å². The first kappa shape index (κ1) is 26.3. The number of rotatable bonds is 9. The Morgan fingerprint density at radius 1 is 1.11 bits per heavy atom. The maximum atomic E-state index is 13.6. The third kappa shape index (κ3) is 5.98. The number of hydrogen-bond acceptors (Lipinski definition) is 7. The molecule has 2 aliphatic heterocycles. The minimum atomic E-state index is -0.925. The average Bonchev–Trinajstić information content (AvgIpc) is 3.16. The number of ketones is 1. The zero-order valence-corrected chi connectivity index (χ0v) is 21.0. The van der Waals surface area contributed by atoms with Gasteiger partial charge in [0.25, 0.3) is 11.6 Å². The SMILES string of the molecule is CC(C)COc1ccc(/C([O-])=C2\C(=O)C(=O)N(CC[NH+]3CCOCC3)C2c2ccc([N+](=O)[O-])cc2)cc1. The lowest BCUT2D eigenvalue weighted by atomic mass is 9.95. The van der Waals surface area contributed by atoms with Gasteiger partial charge in [0.05, 0.1) is 43.9 Å². The molecule has 1 atom stereocenters. The van der Waals surface area contributed by atoms with Crippen molar-refractivity contribution in [2.75, 3.05) is 46.0 Å². The van der Waals surface area contributed by atoms with Gasteiger partial charge in [-0.25, -0.2) is 0 Å². The molecule has 10 heteroatoms. The third-order valence-corrected chi connectivity index (χ3v) is 6.56. The van der Waals surface area contributed by atoms with Crippen molar-refractivity contribution in [2.45, 2.75) is 19.9 Å². The number of ether oxygens (including phenoxy) is 2. The van der Waals surface area contributed by atoms with E-state index in [4.69, 9.17) is 9.47 Å². The zero-order valence-electron chi connectivity index (χ0n) is 21.0. The Balaban J connectivity index is 1.68. The molecule has 0 aliphatic carbocycles. The molecule has 2 aromatic rings. The van der Waals surface area contributed by atoms with Crippen LogP contribution in [0.3, 0.4) is 0 Å². The van der Waals surface area contributed by atoms with Crippen LogP contribution in [0.2, 0.25) is 0 Å². The summed E-state index contributed by atoms with van der Waals surface area (Å²) in [5.41, 5.74) is 0.475. The second-order valence-corrected chi connectivity index (χ2v) is 9.66. The highest BCUT2D eigenvalue weighted by molar-refractivity contribution is 6.46. The molecule has 2 aromatic carbocycles. The topological polar surface area (TPSA) is 126 Å². The molecule has 1 amide bonds. The van der Waals surface area contributed by atoms with Gasteiger partial charge < -0.3 is 24.4 Å². The summed E-state index contributed by atoms with van der Waals surface area (Å²) in [7, 11) is 0. The first-order valence-electron chi connectivity index (χ1n) is 12.4. The highest BCUT2D eigenvalue weighted by atomic mass is 16.6. The van der Waals surface area contributed by atoms with Crippen LogP contribution in [0.4, 0.5) is 5.69 Å². The van der Waals surface area contributed by atoms with Crippen LogP contribution in [0.5, 0.6) is 5.75 Å². The van der Waals surface area contributed by atoms with Gasteiger partial charge in [0.2, 0.25) is 5.78 Å². The summed E-state index contributed by atoms with van der Waals surface area (Å²) < 4.78 is 11.1. The summed E-state index contributed by atoms with van der Waals surface area (Å²) in [4.78, 5) is 39.6. The Morgan fingerprint density at radius 2 is 1.76 bits per heavy atom. The Labute approximate surface area is 215 Å². The summed E-state index contributed by atoms with van der Waals surface area (Å²) in [5, 5.41) is 24.7. The van der Waals surface area contributed by atoms with Crippen LogP contribution in [0.15, 0.2) is 54.1 Å². The van der Waals surface area contributed by atoms with Gasteiger partial charge in [-0.15, -0.1) is 0 Å². The number of morpholine rings is 1. The van der Waals surface area contributed by atoms with Crippen molar-refractivity contribution in [3.05, 3.63) is 75.3 Å². The van der Waals surface area contributed by atoms with Crippen LogP contribution in [0, 0.1) is 16.0 Å². The van der Waals surface area contributed by atoms with Crippen molar-refractivity contribution in [3.63, 3.8) is 0 Å². The predicted molar refractivity (Wildman–Crippen MR) is 133 cm³/mol. The van der Waals surface area contributed by atoms with Gasteiger partial charge >= 0.3 is 0 Å². The molecule has 2 saturated heterocycles. The molecule has 0 aromatic heterocycles. The summed E-state index contributed by atoms with van der Waals surface area (Å²) in [6.45, 7) is 8.28. The minimum absolute atomic E-state index is 0.117. The number of benzene rings is 2. The van der Waals surface area contributed by atoms with E-state index in [-0.39, 0.29) is 23.4 Å². The molecule has 0 spiro atoms. The van der Waals surface area contributed by atoms with Gasteiger partial charge in [-0.2, -0.15) is 0 Å². The van der Waals surface area contributed by atoms with Gasteiger partial charge in [0.1, 0.15) is 18.8 Å². The highest BCUT2D eigenvalue weighted by Gasteiger charge is 2.44. The molecule has 2 heterocycles. The number of Topliss-reactive ketones (excluding diaryl/α,β-unsaturated/α-hetero) is 1. The monoisotopic (exact) mass is 509 g/mol. The highest BCUT2D eigenvalue weighted by Crippen LogP contribution is 2.39. The zero-order chi connectivity index (χ0) is 26.5. The summed E-state index contributed by atoms with van der Waals surface area (Å²) in [6.07, 6.45) is 0. The number of nitro benzene ring substituents is 1. The van der Waals surface area contributed by atoms with Crippen LogP contribution < -0.4 is 14.7 Å². The number of amides is 1. The van der Waals surface area contributed by atoms with Crippen molar-refractivity contribution < 1.29 is 34.0 Å². The lowest BCUT2D eigenvalue weighted by Crippen LogP contribution is -3.14. The quantitative estimate of drug-likeness (QED) is 0.174. The van der Waals surface area contributed by atoms with Gasteiger partial charge in [0.15, 0.2) is 0 Å². The van der Waals surface area contributed by atoms with Gasteiger partial charge in [-0.05, 0) is 41.3 Å². The lowest BCUT2D eigenvalue weighted by molar-refractivity contribution is -0.907. The molecule has 0 radical (unpaired) electrons. The molecule has 196 valence electrons. The molecule has 1 unspecified atom stereocenters. The molecule has 1 N–H and O–H groups in total. The Hall–Kier alpha value is -3.76. The van der Waals surface area contributed by atoms with Crippen LogP contribution in [0.1, 0.15) is 31.0 Å². The molecule has 37 heavy (non-hydrogen) atoms. The molecule has 0 saturated carbocycles. The summed E-state index contributed by atoms with van der Waals surface area (Å²) >= 11 is 0. The van der Waals surface area contributed by atoms with Crippen molar-refractivity contribution in [1.82, 2.24) is 4.90 Å². The first-order chi connectivity index (χ1) is 17.8. The fraction of sp³-hybridized carbons (Fsp3) is 0.407. The maximum Gasteiger partial charge on any atom is 0.295 e. The third-order valence-electron chi connectivity index (χ3n) is 6.56. The number of non-ortho nitro benzene ring substituents is 1. The van der Waals surface area contributed by atoms with Crippen molar-refractivity contribution in [1.29, 1.82) is 0 Å². The summed E-state index contributed by atoms with van der Waals surface area (Å²) in [6, 6.07) is 11.2. The Morgan fingerprint density at radius 3 is 2.35 bits per heavy atom. The number of carbonyl (C=O) groups is 2. The second kappa shape index (κ2) is 11.5. The molecule has 2 aliphatic rings. The van der Waals surface area contributed by atoms with Gasteiger partial charge in [0, 0.05) is 17.7 Å². The lowest BCUT2D eigenvalue weighted by Gasteiger charge is -2.30. The maximum absolute atomic E-state index is 13.6. The van der Waals surface area contributed by atoms with E-state index in [1.165, 1.54) is 34.1 Å². The van der Waals surface area contributed by atoms with Crippen LogP contribution in [0.25, 0.3) is 5.76 Å². The van der Waals surface area contributed by atoms with E-state index in [9.17, 15) is 24.8 Å². The number of hydrogen-bond donors (Lipinski definition) is 1. The smallest absolute Gasteiger partial charge is 0.295 e. The van der Waals surface area contributed by atoms with Gasteiger partial charge in [-0.1, -0.05) is 31.7 Å². The van der Waals surface area contributed by atoms with E-state index in [2.05, 4.69) is 0 Å². The fourth-order valence-electron chi connectivity index (χ4n) is 4.54. The van der Waals surface area contributed by atoms with E-state index in [0.29, 0.717) is 43.6 Å². The number of nitro groups is 1. The first-order valence-corrected chi connectivity index (χ1v) is 12.4. The molecule has 10 nitrogen and oxygen atoms in total. The van der Waals surface area contributed by atoms with Crippen molar-refractivity contribution in [3.8, 4) is 5.75 Å². The second-order valence-electron chi connectivity index (χ2n) is 9.66. The van der Waals surface area contributed by atoms with Crippen LogP contribution in [-0.4, -0.2) is 67.5 Å². The molecular weight excluding hydrogens is 478 g/mol. The van der Waals surface area contributed by atoms with E-state index >= 15 is 0 Å². The number of nitrogens with one attached hydrogen (secondary N) is 1. The minimum Gasteiger partial charge on any atom is -0.872 e. The van der Waals surface area contributed by atoms with E-state index < -0.39 is 28.4 Å². The van der Waals surface area contributed by atoms with Crippen LogP contribution in [-0.2, 0) is 14.3 Å². The summed E-state index contributed by atoms with van der Waals surface area (Å²) in [5.74, 6) is -1.18. The molecular formula is C27H31N3O7. The predicted octanol–water partition coefficient (Wildman–Crippen LogP) is 0.769. The Bertz CT molecular complexity index is 1170. The number of nitrogens with zero attached hydrogens (tertiary/aromatic N) is 2. The fourth-order valence-corrected chi connectivity index (χ4v) is 4.54. The number of carbonyl (C=O) groups excluding carboxylic acids is 2. The number of quaternary nitrogens is 1. The standard InChI is InChI=1S/C27H31N3O7/c1-18(2)17-37-22-9-5-20(6-10-22)25(31)23-24(19-3-7-21(8-4-19)30(34)35)29(27(33)26(23)32)12-11-28-13-15-36-16-14-28/h3-10,18,24,31H,11-17H2,1-2H3/b25-23+. The largest absolute Gasteiger partial charge is 0.872 e. The average molecular weight is 510 g/mol. The normalized spacial score (nSPS) is 20.0. The molecule has 4 rings (SSSR count). The van der Waals surface area contributed by atoms with Crippen molar-refractivity contribution >= 4 is 23.1 Å².